The van der Waals surface area contributed by atoms with Gasteiger partial charge in [0.1, 0.15) is 5.75 Å². The molecule has 0 heterocycles. The molecule has 0 saturated heterocycles. The van der Waals surface area contributed by atoms with Gasteiger partial charge in [-0.3, -0.25) is 0 Å². The Morgan fingerprint density at radius 1 is 1.50 bits per heavy atom. The third-order valence-corrected chi connectivity index (χ3v) is 1.45. The molecule has 0 unspecified atom stereocenters. The van der Waals surface area contributed by atoms with Crippen molar-refractivity contribution in [1.29, 1.82) is 0 Å². The molecule has 0 aromatic heterocycles. The molecule has 0 amide bonds. The van der Waals surface area contributed by atoms with Gasteiger partial charge in [-0.15, -0.1) is 6.42 Å². The summed E-state index contributed by atoms with van der Waals surface area (Å²) < 4.78 is 27.9. The molecule has 14 heavy (non-hydrogen) atoms. The van der Waals surface area contributed by atoms with Crippen LogP contribution in [0.2, 0.25) is 0 Å². The number of benzene rings is 1. The summed E-state index contributed by atoms with van der Waals surface area (Å²) in [5.41, 5.74) is 0.654. The smallest absolute Gasteiger partial charge is 0.387 e. The van der Waals surface area contributed by atoms with Crippen LogP contribution in [-0.2, 0) is 0 Å². The van der Waals surface area contributed by atoms with E-state index in [0.29, 0.717) is 12.2 Å². The maximum absolute atomic E-state index is 11.8. The first kappa shape index (κ1) is 10.3. The highest BCUT2D eigenvalue weighted by Crippen LogP contribution is 2.18. The van der Waals surface area contributed by atoms with E-state index in [1.807, 2.05) is 0 Å². The first-order valence-electron chi connectivity index (χ1n) is 3.94. The molecule has 0 spiro atoms. The Hall–Kier alpha value is -1.76. The molecular weight excluding hydrogens is 188 g/mol. The van der Waals surface area contributed by atoms with E-state index in [1.54, 1.807) is 12.1 Å². The Bertz CT molecular complexity index is 333. The summed E-state index contributed by atoms with van der Waals surface area (Å²) in [5.74, 6) is 2.49. The first-order chi connectivity index (χ1) is 6.72. The first-order valence-corrected chi connectivity index (χ1v) is 3.94. The summed E-state index contributed by atoms with van der Waals surface area (Å²) in [6.07, 6.45) is 5.03. The van der Waals surface area contributed by atoms with Gasteiger partial charge in [0.25, 0.3) is 0 Å². The molecule has 0 saturated carbocycles. The van der Waals surface area contributed by atoms with Gasteiger partial charge in [-0.05, 0) is 12.1 Å². The quantitative estimate of drug-likeness (QED) is 0.748. The number of ether oxygens (including phenoxy) is 1. The zero-order chi connectivity index (χ0) is 10.4. The normalized spacial score (nSPS) is 9.57. The Morgan fingerprint density at radius 3 is 2.93 bits per heavy atom. The molecule has 2 nitrogen and oxygen atoms in total. The van der Waals surface area contributed by atoms with E-state index >= 15 is 0 Å². The molecule has 0 bridgehead atoms. The van der Waals surface area contributed by atoms with Gasteiger partial charge in [-0.2, -0.15) is 8.78 Å². The second-order valence-corrected chi connectivity index (χ2v) is 2.46. The van der Waals surface area contributed by atoms with Crippen molar-refractivity contribution >= 4 is 5.69 Å². The van der Waals surface area contributed by atoms with Crippen molar-refractivity contribution in [3.63, 3.8) is 0 Å². The highest BCUT2D eigenvalue weighted by molar-refractivity contribution is 5.48. The van der Waals surface area contributed by atoms with Crippen molar-refractivity contribution in [3.05, 3.63) is 24.3 Å². The van der Waals surface area contributed by atoms with Crippen LogP contribution < -0.4 is 10.1 Å². The minimum atomic E-state index is -2.81. The lowest BCUT2D eigenvalue weighted by atomic mass is 10.3. The number of rotatable bonds is 4. The average molecular weight is 197 g/mol. The summed E-state index contributed by atoms with van der Waals surface area (Å²) in [6.45, 7) is -2.46. The average Bonchev–Trinajstić information content (AvgIpc) is 2.14. The van der Waals surface area contributed by atoms with Gasteiger partial charge in [0.05, 0.1) is 6.54 Å². The highest BCUT2D eigenvalue weighted by Gasteiger charge is 2.03. The maximum Gasteiger partial charge on any atom is 0.387 e. The standard InChI is InChI=1S/C10H9F2NO/c1-2-6-13-8-4-3-5-9(7-8)14-10(11)12/h1,3-5,7,10,13H,6H2. The fraction of sp³-hybridized carbons (Fsp3) is 0.200. The van der Waals surface area contributed by atoms with Crippen LogP contribution in [0.25, 0.3) is 0 Å². The van der Waals surface area contributed by atoms with Crippen LogP contribution in [0, 0.1) is 12.3 Å². The second-order valence-electron chi connectivity index (χ2n) is 2.46. The Kier molecular flexibility index (Phi) is 3.74. The molecule has 74 valence electrons. The number of hydrogen-bond acceptors (Lipinski definition) is 2. The van der Waals surface area contributed by atoms with Crippen LogP contribution in [0.15, 0.2) is 24.3 Å². The Balaban J connectivity index is 2.65. The van der Waals surface area contributed by atoms with Crippen LogP contribution in [0.4, 0.5) is 14.5 Å². The maximum atomic E-state index is 11.8. The van der Waals surface area contributed by atoms with E-state index in [1.165, 1.54) is 12.1 Å². The number of alkyl halides is 2. The minimum Gasteiger partial charge on any atom is -0.435 e. The minimum absolute atomic E-state index is 0.113. The summed E-state index contributed by atoms with van der Waals surface area (Å²) in [7, 11) is 0. The van der Waals surface area contributed by atoms with Crippen molar-refractivity contribution in [3.8, 4) is 18.1 Å². The third kappa shape index (κ3) is 3.31. The molecule has 1 rings (SSSR count). The second kappa shape index (κ2) is 5.07. The highest BCUT2D eigenvalue weighted by atomic mass is 19.3. The molecule has 0 aliphatic heterocycles. The van der Waals surface area contributed by atoms with Crippen LogP contribution in [0.1, 0.15) is 0 Å². The van der Waals surface area contributed by atoms with Crippen molar-refractivity contribution in [2.75, 3.05) is 11.9 Å². The fourth-order valence-electron chi connectivity index (χ4n) is 0.935. The summed E-state index contributed by atoms with van der Waals surface area (Å²) in [4.78, 5) is 0. The molecule has 0 aliphatic rings. The molecule has 1 aromatic rings. The van der Waals surface area contributed by atoms with Crippen molar-refractivity contribution in [2.24, 2.45) is 0 Å². The van der Waals surface area contributed by atoms with Gasteiger partial charge in [-0.1, -0.05) is 12.0 Å². The van der Waals surface area contributed by atoms with E-state index in [2.05, 4.69) is 16.0 Å². The van der Waals surface area contributed by atoms with E-state index in [9.17, 15) is 8.78 Å². The van der Waals surface area contributed by atoms with Crippen molar-refractivity contribution in [2.45, 2.75) is 6.61 Å². The summed E-state index contributed by atoms with van der Waals surface area (Å²) >= 11 is 0. The predicted molar refractivity (Wildman–Crippen MR) is 50.4 cm³/mol. The van der Waals surface area contributed by atoms with Gasteiger partial charge in [0.15, 0.2) is 0 Å². The molecule has 4 heteroatoms. The lowest BCUT2D eigenvalue weighted by Crippen LogP contribution is -2.03. The van der Waals surface area contributed by atoms with Gasteiger partial charge in [-0.25, -0.2) is 0 Å². The van der Waals surface area contributed by atoms with Crippen LogP contribution >= 0.6 is 0 Å². The number of hydrogen-bond donors (Lipinski definition) is 1. The monoisotopic (exact) mass is 197 g/mol. The van der Waals surface area contributed by atoms with Gasteiger partial charge < -0.3 is 10.1 Å². The zero-order valence-corrected chi connectivity index (χ0v) is 7.34. The number of halogens is 2. The van der Waals surface area contributed by atoms with E-state index in [-0.39, 0.29) is 5.75 Å². The van der Waals surface area contributed by atoms with Gasteiger partial charge >= 0.3 is 6.61 Å². The summed E-state index contributed by atoms with van der Waals surface area (Å²) in [5, 5.41) is 2.85. The van der Waals surface area contributed by atoms with E-state index in [0.717, 1.165) is 0 Å². The Morgan fingerprint density at radius 2 is 2.29 bits per heavy atom. The molecule has 0 aliphatic carbocycles. The SMILES string of the molecule is C#CCNc1cccc(OC(F)F)c1. The number of terminal acetylenes is 1. The molecular formula is C10H9F2NO. The van der Waals surface area contributed by atoms with Crippen LogP contribution in [0.3, 0.4) is 0 Å². The molecule has 0 radical (unpaired) electrons. The van der Waals surface area contributed by atoms with Crippen molar-refractivity contribution in [1.82, 2.24) is 0 Å². The lowest BCUT2D eigenvalue weighted by Gasteiger charge is -2.06. The van der Waals surface area contributed by atoms with Gasteiger partial charge in [0, 0.05) is 11.8 Å². The van der Waals surface area contributed by atoms with Crippen LogP contribution in [0.5, 0.6) is 5.75 Å². The van der Waals surface area contributed by atoms with Crippen molar-refractivity contribution < 1.29 is 13.5 Å². The molecule has 1 N–H and O–H groups in total. The largest absolute Gasteiger partial charge is 0.435 e. The van der Waals surface area contributed by atoms with E-state index in [4.69, 9.17) is 6.42 Å². The van der Waals surface area contributed by atoms with Gasteiger partial charge in [0.2, 0.25) is 0 Å². The third-order valence-electron chi connectivity index (χ3n) is 1.45. The predicted octanol–water partition coefficient (Wildman–Crippen LogP) is 2.33. The molecule has 0 fully saturated rings. The number of nitrogens with one attached hydrogen (secondary N) is 1. The summed E-state index contributed by atoms with van der Waals surface area (Å²) in [6, 6.07) is 6.24. The zero-order valence-electron chi connectivity index (χ0n) is 7.34. The topological polar surface area (TPSA) is 21.3 Å². The van der Waals surface area contributed by atoms with E-state index < -0.39 is 6.61 Å². The fourth-order valence-corrected chi connectivity index (χ4v) is 0.935. The molecule has 0 atom stereocenters. The molecule has 1 aromatic carbocycles. The lowest BCUT2D eigenvalue weighted by molar-refractivity contribution is -0.0498. The van der Waals surface area contributed by atoms with Crippen LogP contribution in [-0.4, -0.2) is 13.2 Å². The Labute approximate surface area is 80.9 Å². The number of anilines is 1.